The molecule has 0 aliphatic heterocycles. The third kappa shape index (κ3) is 6.93. The summed E-state index contributed by atoms with van der Waals surface area (Å²) >= 11 is 0. The molecule has 0 atom stereocenters. The Morgan fingerprint density at radius 1 is 1.03 bits per heavy atom. The van der Waals surface area contributed by atoms with Crippen LogP contribution in [-0.2, 0) is 24.3 Å². The Morgan fingerprint density at radius 3 is 2.50 bits per heavy atom. The van der Waals surface area contributed by atoms with Crippen molar-refractivity contribution < 1.29 is 9.59 Å². The molecule has 0 radical (unpaired) electrons. The highest BCUT2D eigenvalue weighted by Gasteiger charge is 2.17. The molecule has 4 rings (SSSR count). The number of hydrogen-bond donors (Lipinski definition) is 2. The Bertz CT molecular complexity index is 1080. The summed E-state index contributed by atoms with van der Waals surface area (Å²) in [6, 6.07) is 3.77. The summed E-state index contributed by atoms with van der Waals surface area (Å²) in [7, 11) is 0. The van der Waals surface area contributed by atoms with Gasteiger partial charge in [0.05, 0.1) is 18.8 Å². The second-order valence-electron chi connectivity index (χ2n) is 8.83. The number of aryl methyl sites for hydroxylation is 3. The van der Waals surface area contributed by atoms with Crippen molar-refractivity contribution in [2.24, 2.45) is 5.92 Å². The van der Waals surface area contributed by atoms with E-state index in [1.165, 1.54) is 25.7 Å². The summed E-state index contributed by atoms with van der Waals surface area (Å²) in [6.07, 6.45) is 11.9. The maximum Gasteiger partial charge on any atom is 0.273 e. The maximum atomic E-state index is 12.2. The summed E-state index contributed by atoms with van der Waals surface area (Å²) in [5.74, 6) is 0.700. The van der Waals surface area contributed by atoms with E-state index >= 15 is 0 Å². The topological polar surface area (TPSA) is 133 Å². The fraction of sp³-hybridized carbons (Fsp3) is 0.522. The van der Waals surface area contributed by atoms with Crippen LogP contribution in [0.1, 0.15) is 60.3 Å². The molecule has 180 valence electrons. The van der Waals surface area contributed by atoms with Gasteiger partial charge >= 0.3 is 0 Å². The molecule has 0 aromatic carbocycles. The second-order valence-corrected chi connectivity index (χ2v) is 8.83. The van der Waals surface area contributed by atoms with Crippen LogP contribution in [0.25, 0.3) is 0 Å². The minimum Gasteiger partial charge on any atom is -0.350 e. The molecule has 1 fully saturated rings. The molecular weight excluding hydrogens is 434 g/mol. The first-order chi connectivity index (χ1) is 16.5. The molecule has 2 amide bonds. The smallest absolute Gasteiger partial charge is 0.273 e. The van der Waals surface area contributed by atoms with Crippen LogP contribution in [0.4, 0.5) is 5.82 Å². The minimum atomic E-state index is -0.160. The standard InChI is InChI=1S/C23H31N9O2/c1-17-8-9-19(14-24-17)12-22(33)26-21-16-32(30-28-21)11-5-4-10-31-15-20(27-29-31)23(34)25-13-18-6-2-3-7-18/h8-9,14-16,18H,2-7,10-13H2,1H3,(H,25,34)(H,26,33). The summed E-state index contributed by atoms with van der Waals surface area (Å²) in [6.45, 7) is 3.94. The van der Waals surface area contributed by atoms with Crippen molar-refractivity contribution in [2.75, 3.05) is 11.9 Å². The van der Waals surface area contributed by atoms with E-state index in [0.717, 1.165) is 30.6 Å². The Kier molecular flexibility index (Phi) is 7.95. The van der Waals surface area contributed by atoms with Crippen LogP contribution in [0.3, 0.4) is 0 Å². The average molecular weight is 466 g/mol. The number of amides is 2. The van der Waals surface area contributed by atoms with E-state index in [1.54, 1.807) is 28.0 Å². The number of unbranched alkanes of at least 4 members (excludes halogenated alkanes) is 1. The van der Waals surface area contributed by atoms with Crippen molar-refractivity contribution in [3.63, 3.8) is 0 Å². The molecule has 34 heavy (non-hydrogen) atoms. The molecule has 1 aliphatic carbocycles. The van der Waals surface area contributed by atoms with Gasteiger partial charge in [-0.15, -0.1) is 10.2 Å². The number of hydrogen-bond acceptors (Lipinski definition) is 7. The van der Waals surface area contributed by atoms with Crippen molar-refractivity contribution in [3.05, 3.63) is 47.7 Å². The van der Waals surface area contributed by atoms with Gasteiger partial charge in [0.15, 0.2) is 11.5 Å². The Balaban J connectivity index is 1.14. The molecule has 11 nitrogen and oxygen atoms in total. The van der Waals surface area contributed by atoms with E-state index in [0.29, 0.717) is 30.5 Å². The Morgan fingerprint density at radius 2 is 1.76 bits per heavy atom. The summed E-state index contributed by atoms with van der Waals surface area (Å²) in [5, 5.41) is 21.9. The van der Waals surface area contributed by atoms with Gasteiger partial charge in [0, 0.05) is 31.5 Å². The molecule has 3 heterocycles. The van der Waals surface area contributed by atoms with Crippen LogP contribution in [0, 0.1) is 12.8 Å². The zero-order chi connectivity index (χ0) is 23.8. The van der Waals surface area contributed by atoms with Gasteiger partial charge in [0.2, 0.25) is 5.91 Å². The third-order valence-electron chi connectivity index (χ3n) is 5.97. The first-order valence-electron chi connectivity index (χ1n) is 11.8. The molecule has 0 unspecified atom stereocenters. The monoisotopic (exact) mass is 465 g/mol. The van der Waals surface area contributed by atoms with Gasteiger partial charge < -0.3 is 10.6 Å². The molecule has 0 bridgehead atoms. The van der Waals surface area contributed by atoms with Crippen molar-refractivity contribution >= 4 is 17.6 Å². The zero-order valence-electron chi connectivity index (χ0n) is 19.5. The highest BCUT2D eigenvalue weighted by Crippen LogP contribution is 2.23. The number of carbonyl (C=O) groups is 2. The molecule has 3 aromatic rings. The summed E-state index contributed by atoms with van der Waals surface area (Å²) < 4.78 is 3.39. The largest absolute Gasteiger partial charge is 0.350 e. The number of aromatic nitrogens is 7. The van der Waals surface area contributed by atoms with E-state index < -0.39 is 0 Å². The lowest BCUT2D eigenvalue weighted by Gasteiger charge is -2.08. The quantitative estimate of drug-likeness (QED) is 0.415. The van der Waals surface area contributed by atoms with Crippen molar-refractivity contribution in [1.29, 1.82) is 0 Å². The van der Waals surface area contributed by atoms with Crippen molar-refractivity contribution in [1.82, 2.24) is 40.3 Å². The minimum absolute atomic E-state index is 0.158. The molecule has 1 aliphatic rings. The van der Waals surface area contributed by atoms with E-state index in [2.05, 4.69) is 36.2 Å². The normalized spacial score (nSPS) is 13.8. The first-order valence-corrected chi connectivity index (χ1v) is 11.8. The molecular formula is C23H31N9O2. The van der Waals surface area contributed by atoms with Crippen LogP contribution in [0.2, 0.25) is 0 Å². The number of anilines is 1. The predicted molar refractivity (Wildman–Crippen MR) is 125 cm³/mol. The van der Waals surface area contributed by atoms with E-state index in [9.17, 15) is 9.59 Å². The summed E-state index contributed by atoms with van der Waals surface area (Å²) in [4.78, 5) is 28.6. The van der Waals surface area contributed by atoms with Gasteiger partial charge in [-0.1, -0.05) is 29.3 Å². The lowest BCUT2D eigenvalue weighted by molar-refractivity contribution is -0.115. The predicted octanol–water partition coefficient (Wildman–Crippen LogP) is 2.15. The van der Waals surface area contributed by atoms with E-state index in [1.807, 2.05) is 19.1 Å². The molecule has 2 N–H and O–H groups in total. The van der Waals surface area contributed by atoms with Crippen LogP contribution in [0.5, 0.6) is 0 Å². The van der Waals surface area contributed by atoms with Crippen LogP contribution >= 0.6 is 0 Å². The second kappa shape index (κ2) is 11.5. The van der Waals surface area contributed by atoms with Crippen molar-refractivity contribution in [2.45, 2.75) is 65.0 Å². The summed E-state index contributed by atoms with van der Waals surface area (Å²) in [5.41, 5.74) is 2.12. The van der Waals surface area contributed by atoms with Crippen molar-refractivity contribution in [3.8, 4) is 0 Å². The SMILES string of the molecule is Cc1ccc(CC(=O)Nc2cn(CCCCn3cc(C(=O)NCC4CCCC4)nn3)nn2)cn1. The Labute approximate surface area is 198 Å². The Hall–Kier alpha value is -3.63. The molecule has 0 saturated heterocycles. The van der Waals surface area contributed by atoms with Crippen LogP contribution in [-0.4, -0.2) is 53.3 Å². The van der Waals surface area contributed by atoms with Gasteiger partial charge in [-0.25, -0.2) is 0 Å². The zero-order valence-corrected chi connectivity index (χ0v) is 19.5. The van der Waals surface area contributed by atoms with Crippen LogP contribution < -0.4 is 10.6 Å². The van der Waals surface area contributed by atoms with Gasteiger partial charge in [-0.05, 0) is 50.2 Å². The highest BCUT2D eigenvalue weighted by molar-refractivity contribution is 5.92. The number of nitrogens with zero attached hydrogens (tertiary/aromatic N) is 7. The van der Waals surface area contributed by atoms with Crippen LogP contribution in [0.15, 0.2) is 30.7 Å². The fourth-order valence-corrected chi connectivity index (χ4v) is 4.04. The molecule has 11 heteroatoms. The number of nitrogens with one attached hydrogen (secondary N) is 2. The highest BCUT2D eigenvalue weighted by atomic mass is 16.2. The fourth-order valence-electron chi connectivity index (χ4n) is 4.04. The first kappa shape index (κ1) is 23.5. The molecule has 3 aromatic heterocycles. The number of pyridine rings is 1. The van der Waals surface area contributed by atoms with Gasteiger partial charge in [0.25, 0.3) is 5.91 Å². The molecule has 0 spiro atoms. The average Bonchev–Trinajstić information content (AvgIpc) is 3.59. The number of rotatable bonds is 11. The van der Waals surface area contributed by atoms with E-state index in [-0.39, 0.29) is 18.2 Å². The maximum absolute atomic E-state index is 12.2. The number of carbonyl (C=O) groups excluding carboxylic acids is 2. The van der Waals surface area contributed by atoms with Gasteiger partial charge in [0.1, 0.15) is 0 Å². The lowest BCUT2D eigenvalue weighted by atomic mass is 10.1. The van der Waals surface area contributed by atoms with Gasteiger partial charge in [-0.2, -0.15) is 0 Å². The molecule has 1 saturated carbocycles. The van der Waals surface area contributed by atoms with Gasteiger partial charge in [-0.3, -0.25) is 23.9 Å². The lowest BCUT2D eigenvalue weighted by Crippen LogP contribution is -2.28. The third-order valence-corrected chi connectivity index (χ3v) is 5.97. The van der Waals surface area contributed by atoms with E-state index in [4.69, 9.17) is 0 Å².